The van der Waals surface area contributed by atoms with Crippen molar-refractivity contribution < 1.29 is 14.3 Å². The molecule has 1 aromatic rings. The van der Waals surface area contributed by atoms with Crippen molar-refractivity contribution in [2.75, 3.05) is 26.5 Å². The molecule has 7 heteroatoms. The molecular formula is C11H17N3O3S. The van der Waals surface area contributed by atoms with Crippen LogP contribution in [0.2, 0.25) is 0 Å². The van der Waals surface area contributed by atoms with Crippen molar-refractivity contribution in [3.63, 3.8) is 0 Å². The van der Waals surface area contributed by atoms with Gasteiger partial charge in [0.2, 0.25) is 0 Å². The predicted molar refractivity (Wildman–Crippen MR) is 68.2 cm³/mol. The van der Waals surface area contributed by atoms with Crippen molar-refractivity contribution in [3.8, 4) is 0 Å². The zero-order valence-corrected chi connectivity index (χ0v) is 11.3. The first-order valence-corrected chi connectivity index (χ1v) is 6.50. The molecule has 6 nitrogen and oxygen atoms in total. The maximum atomic E-state index is 11.7. The Morgan fingerprint density at radius 3 is 3.00 bits per heavy atom. The molecule has 0 aliphatic carbocycles. The van der Waals surface area contributed by atoms with Gasteiger partial charge in [-0.2, -0.15) is 0 Å². The van der Waals surface area contributed by atoms with Gasteiger partial charge in [0.25, 0.3) is 0 Å². The number of rotatable bonds is 4. The van der Waals surface area contributed by atoms with Crippen LogP contribution in [-0.4, -0.2) is 48.8 Å². The van der Waals surface area contributed by atoms with E-state index >= 15 is 0 Å². The predicted octanol–water partition coefficient (Wildman–Crippen LogP) is 0.488. The van der Waals surface area contributed by atoms with E-state index in [0.717, 1.165) is 4.88 Å². The first-order valence-electron chi connectivity index (χ1n) is 5.69. The first kappa shape index (κ1) is 13.3. The lowest BCUT2D eigenvalue weighted by atomic mass is 10.2. The molecule has 0 spiro atoms. The Morgan fingerprint density at radius 1 is 1.67 bits per heavy atom. The maximum absolute atomic E-state index is 11.7. The minimum Gasteiger partial charge on any atom is -0.468 e. The van der Waals surface area contributed by atoms with Crippen LogP contribution in [0.1, 0.15) is 11.3 Å². The molecule has 1 aliphatic rings. The van der Waals surface area contributed by atoms with Gasteiger partial charge in [-0.15, -0.1) is 11.3 Å². The third-order valence-corrected chi connectivity index (χ3v) is 3.91. The fourth-order valence-corrected chi connectivity index (χ4v) is 2.89. The Balaban J connectivity index is 2.06. The molecule has 18 heavy (non-hydrogen) atoms. The van der Waals surface area contributed by atoms with Gasteiger partial charge in [-0.1, -0.05) is 0 Å². The number of ether oxygens (including phenoxy) is 2. The minimum atomic E-state index is -0.247. The summed E-state index contributed by atoms with van der Waals surface area (Å²) in [5, 5.41) is 0.544. The number of likely N-dealkylation sites (tertiary alicyclic amines) is 1. The highest BCUT2D eigenvalue weighted by Gasteiger charge is 2.37. The number of nitrogen functional groups attached to an aromatic ring is 1. The van der Waals surface area contributed by atoms with Crippen LogP contribution in [0.4, 0.5) is 5.13 Å². The molecule has 2 heterocycles. The molecule has 2 unspecified atom stereocenters. The maximum Gasteiger partial charge on any atom is 0.323 e. The molecule has 1 saturated heterocycles. The van der Waals surface area contributed by atoms with Crippen molar-refractivity contribution in [3.05, 3.63) is 11.1 Å². The molecule has 0 amide bonds. The lowest BCUT2D eigenvalue weighted by Gasteiger charge is -2.20. The van der Waals surface area contributed by atoms with Gasteiger partial charge in [-0.25, -0.2) is 4.98 Å². The highest BCUT2D eigenvalue weighted by molar-refractivity contribution is 7.15. The summed E-state index contributed by atoms with van der Waals surface area (Å²) in [6, 6.07) is -0.247. The first-order chi connectivity index (χ1) is 8.63. The molecule has 100 valence electrons. The number of hydrogen-bond donors (Lipinski definition) is 1. The summed E-state index contributed by atoms with van der Waals surface area (Å²) in [6.45, 7) is 1.36. The van der Waals surface area contributed by atoms with Gasteiger partial charge in [-0.3, -0.25) is 9.69 Å². The molecule has 1 aromatic heterocycles. The number of aromatic nitrogens is 1. The molecule has 2 N–H and O–H groups in total. The summed E-state index contributed by atoms with van der Waals surface area (Å²) >= 11 is 1.44. The number of anilines is 1. The lowest BCUT2D eigenvalue weighted by Crippen LogP contribution is -2.36. The standard InChI is InChI=1S/C11H17N3O3S/c1-16-7-3-9(10(15)17-2)14(5-7)6-8-4-13-11(12)18-8/h4,7,9H,3,5-6H2,1-2H3,(H2,12,13). The quantitative estimate of drug-likeness (QED) is 0.803. The number of esters is 1. The second-order valence-electron chi connectivity index (χ2n) is 4.23. The summed E-state index contributed by atoms with van der Waals surface area (Å²) in [5.74, 6) is -0.216. The molecule has 2 rings (SSSR count). The molecule has 0 saturated carbocycles. The number of carbonyl (C=O) groups is 1. The summed E-state index contributed by atoms with van der Waals surface area (Å²) < 4.78 is 10.1. The molecule has 0 bridgehead atoms. The van der Waals surface area contributed by atoms with Crippen LogP contribution in [0, 0.1) is 0 Å². The smallest absolute Gasteiger partial charge is 0.323 e. The van der Waals surface area contributed by atoms with Crippen molar-refractivity contribution in [2.24, 2.45) is 0 Å². The van der Waals surface area contributed by atoms with Crippen LogP contribution < -0.4 is 5.73 Å². The third-order valence-electron chi connectivity index (χ3n) is 3.10. The third kappa shape index (κ3) is 2.80. The van der Waals surface area contributed by atoms with Crippen molar-refractivity contribution in [1.29, 1.82) is 0 Å². The Hall–Kier alpha value is -1.18. The van der Waals surface area contributed by atoms with E-state index in [1.807, 2.05) is 4.90 Å². The average molecular weight is 271 g/mol. The van der Waals surface area contributed by atoms with Gasteiger partial charge in [0.1, 0.15) is 6.04 Å². The van der Waals surface area contributed by atoms with E-state index in [2.05, 4.69) is 4.98 Å². The number of nitrogens with two attached hydrogens (primary N) is 1. The number of hydrogen-bond acceptors (Lipinski definition) is 7. The summed E-state index contributed by atoms with van der Waals surface area (Å²) in [7, 11) is 3.07. The van der Waals surface area contributed by atoms with Crippen molar-refractivity contribution in [2.45, 2.75) is 25.1 Å². The summed E-state index contributed by atoms with van der Waals surface area (Å²) in [5.41, 5.74) is 5.60. The largest absolute Gasteiger partial charge is 0.468 e. The van der Waals surface area contributed by atoms with E-state index in [4.69, 9.17) is 15.2 Å². The van der Waals surface area contributed by atoms with E-state index in [-0.39, 0.29) is 18.1 Å². The van der Waals surface area contributed by atoms with Crippen LogP contribution in [0.5, 0.6) is 0 Å². The van der Waals surface area contributed by atoms with Gasteiger partial charge in [-0.05, 0) is 0 Å². The number of thiazole rings is 1. The van der Waals surface area contributed by atoms with Gasteiger partial charge in [0.15, 0.2) is 5.13 Å². The fraction of sp³-hybridized carbons (Fsp3) is 0.636. The molecule has 1 aliphatic heterocycles. The van der Waals surface area contributed by atoms with Crippen molar-refractivity contribution >= 4 is 22.4 Å². The van der Waals surface area contributed by atoms with Crippen LogP contribution in [0.3, 0.4) is 0 Å². The van der Waals surface area contributed by atoms with Crippen LogP contribution in [0.15, 0.2) is 6.20 Å². The minimum absolute atomic E-state index is 0.0689. The zero-order valence-electron chi connectivity index (χ0n) is 10.5. The van der Waals surface area contributed by atoms with Gasteiger partial charge >= 0.3 is 5.97 Å². The average Bonchev–Trinajstić information content (AvgIpc) is 2.95. The van der Waals surface area contributed by atoms with Gasteiger partial charge < -0.3 is 15.2 Å². The second-order valence-corrected chi connectivity index (χ2v) is 5.37. The monoisotopic (exact) mass is 271 g/mol. The Bertz CT molecular complexity index is 423. The Kier molecular flexibility index (Phi) is 4.15. The Morgan fingerprint density at radius 2 is 2.44 bits per heavy atom. The summed E-state index contributed by atoms with van der Waals surface area (Å²) in [4.78, 5) is 18.8. The molecule has 1 fully saturated rings. The number of carbonyl (C=O) groups excluding carboxylic acids is 1. The molecule has 0 aromatic carbocycles. The molecule has 2 atom stereocenters. The second kappa shape index (κ2) is 5.64. The number of nitrogens with zero attached hydrogens (tertiary/aromatic N) is 2. The molecular weight excluding hydrogens is 254 g/mol. The van der Waals surface area contributed by atoms with E-state index in [9.17, 15) is 4.79 Å². The molecule has 0 radical (unpaired) electrons. The fourth-order valence-electron chi connectivity index (χ4n) is 2.18. The normalized spacial score (nSPS) is 24.3. The van der Waals surface area contributed by atoms with E-state index < -0.39 is 0 Å². The van der Waals surface area contributed by atoms with E-state index in [1.54, 1.807) is 13.3 Å². The van der Waals surface area contributed by atoms with E-state index in [1.165, 1.54) is 18.4 Å². The zero-order chi connectivity index (χ0) is 13.1. The highest BCUT2D eigenvalue weighted by atomic mass is 32.1. The van der Waals surface area contributed by atoms with Crippen LogP contribution in [0.25, 0.3) is 0 Å². The SMILES string of the molecule is COC(=O)C1CC(OC)CN1Cc1cnc(N)s1. The topological polar surface area (TPSA) is 77.7 Å². The summed E-state index contributed by atoms with van der Waals surface area (Å²) in [6.07, 6.45) is 2.48. The van der Waals surface area contributed by atoms with Crippen LogP contribution in [-0.2, 0) is 20.8 Å². The van der Waals surface area contributed by atoms with Crippen LogP contribution >= 0.6 is 11.3 Å². The lowest BCUT2D eigenvalue weighted by molar-refractivity contribution is -0.146. The van der Waals surface area contributed by atoms with Gasteiger partial charge in [0.05, 0.1) is 13.2 Å². The Labute approximate surface area is 110 Å². The van der Waals surface area contributed by atoms with Gasteiger partial charge in [0, 0.05) is 37.7 Å². The van der Waals surface area contributed by atoms with E-state index in [0.29, 0.717) is 24.6 Å². The highest BCUT2D eigenvalue weighted by Crippen LogP contribution is 2.25. The number of methoxy groups -OCH3 is 2. The van der Waals surface area contributed by atoms with Crippen molar-refractivity contribution in [1.82, 2.24) is 9.88 Å².